The predicted molar refractivity (Wildman–Crippen MR) is 39.8 cm³/mol. The molecular formula is C8H11NO. The van der Waals surface area contributed by atoms with E-state index in [0.29, 0.717) is 0 Å². The Bertz CT molecular complexity index is 170. The van der Waals surface area contributed by atoms with E-state index in [-0.39, 0.29) is 6.10 Å². The summed E-state index contributed by atoms with van der Waals surface area (Å²) in [6.45, 7) is 6.00. The van der Waals surface area contributed by atoms with Crippen LogP contribution in [0.4, 0.5) is 0 Å². The van der Waals surface area contributed by atoms with Gasteiger partial charge in [0, 0.05) is 13.1 Å². The molecule has 54 valence electrons. The molecule has 0 saturated carbocycles. The minimum absolute atomic E-state index is 0.156. The van der Waals surface area contributed by atoms with Crippen molar-refractivity contribution in [1.82, 2.24) is 5.32 Å². The van der Waals surface area contributed by atoms with Crippen LogP contribution in [0.2, 0.25) is 0 Å². The number of hydrogen-bond donors (Lipinski definition) is 1. The summed E-state index contributed by atoms with van der Waals surface area (Å²) >= 11 is 0. The third kappa shape index (κ3) is 2.22. The maximum atomic E-state index is 5.33. The molecule has 0 aromatic heterocycles. The Labute approximate surface area is 60.9 Å². The number of ether oxygens (including phenoxy) is 1. The highest BCUT2D eigenvalue weighted by molar-refractivity contribution is 4.90. The smallest absolute Gasteiger partial charge is 0.0960 e. The van der Waals surface area contributed by atoms with Crippen LogP contribution in [0.3, 0.4) is 0 Å². The van der Waals surface area contributed by atoms with Crippen molar-refractivity contribution in [2.24, 2.45) is 0 Å². The van der Waals surface area contributed by atoms with Gasteiger partial charge in [-0.1, -0.05) is 11.5 Å². The summed E-state index contributed by atoms with van der Waals surface area (Å²) in [7, 11) is 0. The Morgan fingerprint density at radius 2 is 2.60 bits per heavy atom. The molecule has 0 aromatic carbocycles. The normalized spacial score (nSPS) is 24.6. The highest BCUT2D eigenvalue weighted by Crippen LogP contribution is 1.95. The first-order chi connectivity index (χ1) is 4.93. The lowest BCUT2D eigenvalue weighted by Crippen LogP contribution is -2.37. The lowest BCUT2D eigenvalue weighted by atomic mass is 10.3. The monoisotopic (exact) mass is 137 g/mol. The second-order valence-corrected chi connectivity index (χ2v) is 2.10. The molecule has 1 fully saturated rings. The number of hydrogen-bond acceptors (Lipinski definition) is 2. The van der Waals surface area contributed by atoms with Crippen molar-refractivity contribution in [1.29, 1.82) is 0 Å². The van der Waals surface area contributed by atoms with Crippen molar-refractivity contribution in [3.63, 3.8) is 0 Å². The van der Waals surface area contributed by atoms with E-state index in [9.17, 15) is 0 Å². The van der Waals surface area contributed by atoms with Gasteiger partial charge in [0.05, 0.1) is 12.7 Å². The van der Waals surface area contributed by atoms with Crippen LogP contribution in [0.1, 0.15) is 0 Å². The van der Waals surface area contributed by atoms with Crippen LogP contribution >= 0.6 is 0 Å². The molecule has 10 heavy (non-hydrogen) atoms. The van der Waals surface area contributed by atoms with Gasteiger partial charge >= 0.3 is 0 Å². The molecule has 1 heterocycles. The van der Waals surface area contributed by atoms with Gasteiger partial charge in [0.15, 0.2) is 0 Å². The second-order valence-electron chi connectivity index (χ2n) is 2.10. The lowest BCUT2D eigenvalue weighted by Gasteiger charge is -2.19. The quantitative estimate of drug-likeness (QED) is 0.530. The van der Waals surface area contributed by atoms with Gasteiger partial charge in [-0.3, -0.25) is 0 Å². The van der Waals surface area contributed by atoms with Crippen molar-refractivity contribution in [3.8, 4) is 0 Å². The number of rotatable bonds is 1. The number of nitrogens with one attached hydrogen (secondary N) is 1. The SMILES string of the molecule is C=C=C=CC1CNCCO1. The van der Waals surface area contributed by atoms with E-state index >= 15 is 0 Å². The molecule has 1 rings (SSSR count). The first kappa shape index (κ1) is 7.33. The van der Waals surface area contributed by atoms with Crippen molar-refractivity contribution < 1.29 is 4.74 Å². The summed E-state index contributed by atoms with van der Waals surface area (Å²) in [4.78, 5) is 0. The third-order valence-electron chi connectivity index (χ3n) is 1.33. The Kier molecular flexibility index (Phi) is 3.01. The molecule has 0 radical (unpaired) electrons. The molecular weight excluding hydrogens is 126 g/mol. The van der Waals surface area contributed by atoms with E-state index in [4.69, 9.17) is 4.74 Å². The zero-order chi connectivity index (χ0) is 7.23. The molecule has 0 bridgehead atoms. The zero-order valence-electron chi connectivity index (χ0n) is 5.89. The molecule has 1 unspecified atom stereocenters. The summed E-state index contributed by atoms with van der Waals surface area (Å²) in [5.41, 5.74) is 5.32. The van der Waals surface area contributed by atoms with Gasteiger partial charge < -0.3 is 10.1 Å². The average molecular weight is 137 g/mol. The van der Waals surface area contributed by atoms with Crippen LogP contribution in [0.15, 0.2) is 24.1 Å². The van der Waals surface area contributed by atoms with Crippen molar-refractivity contribution in [2.45, 2.75) is 6.10 Å². The van der Waals surface area contributed by atoms with Gasteiger partial charge in [0.25, 0.3) is 0 Å². The van der Waals surface area contributed by atoms with Crippen LogP contribution in [0.25, 0.3) is 0 Å². The van der Waals surface area contributed by atoms with E-state index < -0.39 is 0 Å². The van der Waals surface area contributed by atoms with Gasteiger partial charge in [-0.25, -0.2) is 0 Å². The fourth-order valence-electron chi connectivity index (χ4n) is 0.845. The first-order valence-corrected chi connectivity index (χ1v) is 3.37. The topological polar surface area (TPSA) is 21.3 Å². The van der Waals surface area contributed by atoms with Crippen LogP contribution in [0.5, 0.6) is 0 Å². The lowest BCUT2D eigenvalue weighted by molar-refractivity contribution is 0.0593. The molecule has 2 heteroatoms. The predicted octanol–water partition coefficient (Wildman–Crippen LogP) is 0.471. The Hall–Kier alpha value is -0.780. The highest BCUT2D eigenvalue weighted by atomic mass is 16.5. The zero-order valence-corrected chi connectivity index (χ0v) is 5.89. The fourth-order valence-corrected chi connectivity index (χ4v) is 0.845. The summed E-state index contributed by atoms with van der Waals surface area (Å²) in [5.74, 6) is 0. The maximum Gasteiger partial charge on any atom is 0.0960 e. The average Bonchev–Trinajstić information content (AvgIpc) is 2.03. The van der Waals surface area contributed by atoms with Gasteiger partial charge in [-0.05, 0) is 12.7 Å². The Morgan fingerprint density at radius 1 is 1.70 bits per heavy atom. The maximum absolute atomic E-state index is 5.33. The van der Waals surface area contributed by atoms with Crippen LogP contribution in [-0.4, -0.2) is 25.8 Å². The van der Waals surface area contributed by atoms with Crippen LogP contribution < -0.4 is 5.32 Å². The van der Waals surface area contributed by atoms with Crippen LogP contribution in [0, 0.1) is 0 Å². The molecule has 0 spiro atoms. The molecule has 1 saturated heterocycles. The molecule has 1 N–H and O–H groups in total. The van der Waals surface area contributed by atoms with E-state index in [2.05, 4.69) is 23.4 Å². The summed E-state index contributed by atoms with van der Waals surface area (Å²) in [5, 5.41) is 3.20. The highest BCUT2D eigenvalue weighted by Gasteiger charge is 2.08. The number of morpholine rings is 1. The Morgan fingerprint density at radius 3 is 3.20 bits per heavy atom. The van der Waals surface area contributed by atoms with Crippen molar-refractivity contribution in [2.75, 3.05) is 19.7 Å². The standard InChI is InChI=1S/C8H11NO/c1-2-3-4-8-7-9-5-6-10-8/h4,8-9H,1,5-7H2. The first-order valence-electron chi connectivity index (χ1n) is 3.37. The van der Waals surface area contributed by atoms with Gasteiger partial charge in [0.2, 0.25) is 0 Å². The summed E-state index contributed by atoms with van der Waals surface area (Å²) in [6, 6.07) is 0. The molecule has 0 aromatic rings. The molecule has 1 aliphatic rings. The van der Waals surface area contributed by atoms with Crippen molar-refractivity contribution >= 4 is 0 Å². The van der Waals surface area contributed by atoms with Gasteiger partial charge in [-0.15, -0.1) is 0 Å². The molecule has 1 atom stereocenters. The minimum atomic E-state index is 0.156. The molecule has 0 amide bonds. The molecule has 1 aliphatic heterocycles. The van der Waals surface area contributed by atoms with E-state index in [1.807, 2.05) is 6.08 Å². The van der Waals surface area contributed by atoms with Crippen LogP contribution in [-0.2, 0) is 4.74 Å². The van der Waals surface area contributed by atoms with E-state index in [1.165, 1.54) is 0 Å². The summed E-state index contributed by atoms with van der Waals surface area (Å²) in [6.07, 6.45) is 1.99. The molecule has 2 nitrogen and oxygen atoms in total. The summed E-state index contributed by atoms with van der Waals surface area (Å²) < 4.78 is 5.33. The van der Waals surface area contributed by atoms with Gasteiger partial charge in [-0.2, -0.15) is 0 Å². The minimum Gasteiger partial charge on any atom is -0.371 e. The van der Waals surface area contributed by atoms with Crippen molar-refractivity contribution in [3.05, 3.63) is 24.1 Å². The van der Waals surface area contributed by atoms with Gasteiger partial charge in [0.1, 0.15) is 0 Å². The second kappa shape index (κ2) is 4.10. The molecule has 0 aliphatic carbocycles. The van der Waals surface area contributed by atoms with E-state index in [1.54, 1.807) is 0 Å². The largest absolute Gasteiger partial charge is 0.371 e. The Balaban J connectivity index is 2.39. The van der Waals surface area contributed by atoms with E-state index in [0.717, 1.165) is 19.7 Å². The fraction of sp³-hybridized carbons (Fsp3) is 0.500. The third-order valence-corrected chi connectivity index (χ3v) is 1.33.